The van der Waals surface area contributed by atoms with Gasteiger partial charge in [-0.15, -0.1) is 0 Å². The zero-order valence-corrected chi connectivity index (χ0v) is 15.6. The predicted octanol–water partition coefficient (Wildman–Crippen LogP) is 4.96. The maximum atomic E-state index is 12.6. The third kappa shape index (κ3) is 4.16. The number of benzene rings is 1. The molecule has 0 spiro atoms. The van der Waals surface area contributed by atoms with Crippen LogP contribution in [0.1, 0.15) is 22.5 Å². The first-order valence-corrected chi connectivity index (χ1v) is 8.45. The van der Waals surface area contributed by atoms with Crippen molar-refractivity contribution in [1.29, 1.82) is 0 Å². The van der Waals surface area contributed by atoms with Crippen molar-refractivity contribution in [1.82, 2.24) is 9.55 Å². The lowest BCUT2D eigenvalue weighted by molar-refractivity contribution is -0.137. The van der Waals surface area contributed by atoms with Crippen LogP contribution in [0.3, 0.4) is 0 Å². The third-order valence-electron chi connectivity index (χ3n) is 4.26. The molecule has 5 nitrogen and oxygen atoms in total. The highest BCUT2D eigenvalue weighted by molar-refractivity contribution is 5.82. The van der Waals surface area contributed by atoms with Crippen LogP contribution in [0.2, 0.25) is 0 Å². The summed E-state index contributed by atoms with van der Waals surface area (Å²) in [6.45, 7) is 3.94. The van der Waals surface area contributed by atoms with Crippen LogP contribution in [0.15, 0.2) is 53.8 Å². The van der Waals surface area contributed by atoms with Gasteiger partial charge in [-0.3, -0.25) is 5.43 Å². The number of aromatic nitrogens is 2. The second kappa shape index (κ2) is 7.75. The molecule has 146 valence electrons. The number of methoxy groups -OCH3 is 1. The molecule has 3 aromatic rings. The molecule has 0 saturated carbocycles. The molecule has 28 heavy (non-hydrogen) atoms. The number of anilines is 1. The van der Waals surface area contributed by atoms with E-state index in [0.717, 1.165) is 40.7 Å². The molecular weight excluding hydrogens is 369 g/mol. The fourth-order valence-electron chi connectivity index (χ4n) is 2.86. The van der Waals surface area contributed by atoms with Gasteiger partial charge < -0.3 is 9.30 Å². The van der Waals surface area contributed by atoms with E-state index in [1.807, 2.05) is 44.2 Å². The van der Waals surface area contributed by atoms with Crippen LogP contribution in [-0.2, 0) is 6.18 Å². The number of ether oxygens (including phenoxy) is 1. The van der Waals surface area contributed by atoms with Crippen LogP contribution in [-0.4, -0.2) is 22.9 Å². The van der Waals surface area contributed by atoms with Gasteiger partial charge in [-0.25, -0.2) is 4.98 Å². The summed E-state index contributed by atoms with van der Waals surface area (Å²) in [5.41, 5.74) is 5.67. The summed E-state index contributed by atoms with van der Waals surface area (Å²) in [7, 11) is 1.62. The summed E-state index contributed by atoms with van der Waals surface area (Å²) < 4.78 is 45.0. The number of alkyl halides is 3. The largest absolute Gasteiger partial charge is 0.497 e. The molecule has 2 aromatic heterocycles. The molecule has 8 heteroatoms. The number of hydrazone groups is 1. The summed E-state index contributed by atoms with van der Waals surface area (Å²) in [5, 5.41) is 4.09. The van der Waals surface area contributed by atoms with Gasteiger partial charge in [-0.2, -0.15) is 18.3 Å². The maximum Gasteiger partial charge on any atom is 0.417 e. The highest BCUT2D eigenvalue weighted by Crippen LogP contribution is 2.29. The van der Waals surface area contributed by atoms with E-state index in [1.54, 1.807) is 13.3 Å². The molecule has 0 atom stereocenters. The number of nitrogens with zero attached hydrogens (tertiary/aromatic N) is 3. The quantitative estimate of drug-likeness (QED) is 0.496. The van der Waals surface area contributed by atoms with Gasteiger partial charge in [-0.1, -0.05) is 6.07 Å². The SMILES string of the molecule is COc1cccc(-n2c(C)cc(/C=N/Nc3ccc(C(F)(F)F)cn3)c2C)c1. The molecular formula is C20H19F3N4O. The second-order valence-corrected chi connectivity index (χ2v) is 6.16. The standard InChI is InChI=1S/C20H19F3N4O/c1-13-9-15(14(2)27(13)17-5-4-6-18(10-17)28-3)11-25-26-19-8-7-16(12-24-19)20(21,22)23/h4-12H,1-3H3,(H,24,26)/b25-11+. The van der Waals surface area contributed by atoms with Gasteiger partial charge in [0.05, 0.1) is 18.9 Å². The molecule has 0 aliphatic carbocycles. The smallest absolute Gasteiger partial charge is 0.417 e. The average Bonchev–Trinajstić information content (AvgIpc) is 2.95. The summed E-state index contributed by atoms with van der Waals surface area (Å²) in [6.07, 6.45) is -2.03. The van der Waals surface area contributed by atoms with Crippen molar-refractivity contribution in [3.63, 3.8) is 0 Å². The minimum Gasteiger partial charge on any atom is -0.497 e. The highest BCUT2D eigenvalue weighted by atomic mass is 19.4. The number of hydrogen-bond donors (Lipinski definition) is 1. The van der Waals surface area contributed by atoms with Crippen molar-refractivity contribution in [2.75, 3.05) is 12.5 Å². The Morgan fingerprint density at radius 2 is 1.93 bits per heavy atom. The van der Waals surface area contributed by atoms with Gasteiger partial charge in [0.25, 0.3) is 0 Å². The first-order valence-electron chi connectivity index (χ1n) is 8.45. The van der Waals surface area contributed by atoms with Gasteiger partial charge in [-0.05, 0) is 44.2 Å². The molecule has 0 bridgehead atoms. The Kier molecular flexibility index (Phi) is 5.39. The van der Waals surface area contributed by atoms with Crippen molar-refractivity contribution in [3.8, 4) is 11.4 Å². The monoisotopic (exact) mass is 388 g/mol. The van der Waals surface area contributed by atoms with Crippen molar-refractivity contribution in [3.05, 3.63) is 71.2 Å². The minimum atomic E-state index is -4.41. The van der Waals surface area contributed by atoms with Gasteiger partial charge in [0.2, 0.25) is 0 Å². The molecule has 2 heterocycles. The van der Waals surface area contributed by atoms with Crippen LogP contribution >= 0.6 is 0 Å². The van der Waals surface area contributed by atoms with Crippen LogP contribution in [0.5, 0.6) is 5.75 Å². The van der Waals surface area contributed by atoms with E-state index in [1.165, 1.54) is 6.07 Å². The molecule has 0 amide bonds. The van der Waals surface area contributed by atoms with Crippen molar-refractivity contribution >= 4 is 12.0 Å². The Hall–Kier alpha value is -3.29. The van der Waals surface area contributed by atoms with Crippen molar-refractivity contribution in [2.45, 2.75) is 20.0 Å². The maximum absolute atomic E-state index is 12.6. The molecule has 0 aliphatic rings. The summed E-state index contributed by atoms with van der Waals surface area (Å²) in [6, 6.07) is 11.9. The first-order chi connectivity index (χ1) is 13.3. The Morgan fingerprint density at radius 3 is 2.57 bits per heavy atom. The van der Waals surface area contributed by atoms with E-state index in [-0.39, 0.29) is 5.82 Å². The van der Waals surface area contributed by atoms with Crippen LogP contribution < -0.4 is 10.2 Å². The zero-order chi connectivity index (χ0) is 20.3. The number of nitrogens with one attached hydrogen (secondary N) is 1. The Balaban J connectivity index is 1.78. The van der Waals surface area contributed by atoms with E-state index in [9.17, 15) is 13.2 Å². The van der Waals surface area contributed by atoms with Gasteiger partial charge in [0, 0.05) is 34.9 Å². The predicted molar refractivity (Wildman–Crippen MR) is 102 cm³/mol. The summed E-state index contributed by atoms with van der Waals surface area (Å²) >= 11 is 0. The lowest BCUT2D eigenvalue weighted by atomic mass is 10.2. The zero-order valence-electron chi connectivity index (χ0n) is 15.6. The number of aryl methyl sites for hydroxylation is 1. The molecule has 1 N–H and O–H groups in total. The number of hydrogen-bond acceptors (Lipinski definition) is 4. The molecule has 0 unspecified atom stereocenters. The first kappa shape index (κ1) is 19.5. The molecule has 0 saturated heterocycles. The average molecular weight is 388 g/mol. The van der Waals surface area contributed by atoms with E-state index in [0.29, 0.717) is 0 Å². The molecule has 0 aliphatic heterocycles. The third-order valence-corrected chi connectivity index (χ3v) is 4.26. The summed E-state index contributed by atoms with van der Waals surface area (Å²) in [4.78, 5) is 3.72. The summed E-state index contributed by atoms with van der Waals surface area (Å²) in [5.74, 6) is 0.987. The second-order valence-electron chi connectivity index (χ2n) is 6.16. The Morgan fingerprint density at radius 1 is 1.14 bits per heavy atom. The molecule has 0 radical (unpaired) electrons. The lowest BCUT2D eigenvalue weighted by Gasteiger charge is -2.11. The van der Waals surface area contributed by atoms with Crippen LogP contribution in [0.25, 0.3) is 5.69 Å². The van der Waals surface area contributed by atoms with Crippen LogP contribution in [0.4, 0.5) is 19.0 Å². The fraction of sp³-hybridized carbons (Fsp3) is 0.200. The topological polar surface area (TPSA) is 51.4 Å². The van der Waals surface area contributed by atoms with Crippen molar-refractivity contribution < 1.29 is 17.9 Å². The molecule has 0 fully saturated rings. The normalized spacial score (nSPS) is 11.8. The Labute approximate surface area is 160 Å². The minimum absolute atomic E-state index is 0.228. The number of rotatable bonds is 5. The van der Waals surface area contributed by atoms with Gasteiger partial charge in [0.15, 0.2) is 0 Å². The van der Waals surface area contributed by atoms with E-state index >= 15 is 0 Å². The highest BCUT2D eigenvalue weighted by Gasteiger charge is 2.30. The van der Waals surface area contributed by atoms with Gasteiger partial charge in [0.1, 0.15) is 11.6 Å². The molecule has 3 rings (SSSR count). The lowest BCUT2D eigenvalue weighted by Crippen LogP contribution is -2.05. The number of halogens is 3. The van der Waals surface area contributed by atoms with E-state index in [4.69, 9.17) is 4.74 Å². The van der Waals surface area contributed by atoms with Gasteiger partial charge >= 0.3 is 6.18 Å². The van der Waals surface area contributed by atoms with Crippen molar-refractivity contribution in [2.24, 2.45) is 5.10 Å². The molecule has 1 aromatic carbocycles. The fourth-order valence-corrected chi connectivity index (χ4v) is 2.86. The van der Waals surface area contributed by atoms with Crippen LogP contribution in [0, 0.1) is 13.8 Å². The number of pyridine rings is 1. The van der Waals surface area contributed by atoms with E-state index in [2.05, 4.69) is 20.1 Å². The Bertz CT molecular complexity index is 992. The van der Waals surface area contributed by atoms with E-state index < -0.39 is 11.7 Å².